The smallest absolute Gasteiger partial charge is 0.336 e. The minimum Gasteiger partial charge on any atom is -0.504 e. The maximum atomic E-state index is 12.0. The summed E-state index contributed by atoms with van der Waals surface area (Å²) in [7, 11) is 0. The predicted molar refractivity (Wildman–Crippen MR) is 110 cm³/mol. The number of ether oxygens (including phenoxy) is 3. The molecule has 13 nitrogen and oxygen atoms in total. The molecule has 0 radical (unpaired) electrons. The lowest BCUT2D eigenvalue weighted by molar-refractivity contribution is -0.278. The molecule has 1 aromatic heterocycles. The highest BCUT2D eigenvalue weighted by Crippen LogP contribution is 2.34. The zero-order chi connectivity index (χ0) is 25.2. The summed E-state index contributed by atoms with van der Waals surface area (Å²) >= 11 is 0. The van der Waals surface area contributed by atoms with Crippen LogP contribution in [0.15, 0.2) is 33.5 Å². The molecule has 1 aromatic carbocycles. The van der Waals surface area contributed by atoms with Gasteiger partial charge in [-0.1, -0.05) is 0 Å². The Labute approximate surface area is 191 Å². The van der Waals surface area contributed by atoms with Gasteiger partial charge >= 0.3 is 17.6 Å². The molecule has 0 aliphatic carbocycles. The second-order valence-corrected chi connectivity index (χ2v) is 8.17. The van der Waals surface area contributed by atoms with Crippen LogP contribution in [0.3, 0.4) is 0 Å². The van der Waals surface area contributed by atoms with E-state index < -0.39 is 79.1 Å². The lowest BCUT2D eigenvalue weighted by Crippen LogP contribution is -2.60. The van der Waals surface area contributed by atoms with Crippen LogP contribution in [0.5, 0.6) is 11.5 Å². The number of aromatic hydroxyl groups is 1. The summed E-state index contributed by atoms with van der Waals surface area (Å²) in [4.78, 5) is 34.0. The van der Waals surface area contributed by atoms with E-state index in [0.29, 0.717) is 5.39 Å². The van der Waals surface area contributed by atoms with Crippen LogP contribution in [0.1, 0.15) is 19.8 Å². The van der Waals surface area contributed by atoms with E-state index in [1.807, 2.05) is 0 Å². The molecular weight excluding hydrogens is 460 g/mol. The SMILES string of the molecule is C[C@](O)(CC(=O)O)CC(=O)OC[C@H]1O[C@@H](Oc2cc3ccc(=O)oc3cc2O)[C@H](O)[C@@H](O)[C@@H]1O. The number of aliphatic hydroxyl groups is 4. The summed E-state index contributed by atoms with van der Waals surface area (Å²) in [5, 5.41) is 59.8. The van der Waals surface area contributed by atoms with E-state index in [1.54, 1.807) is 0 Å². The minimum atomic E-state index is -1.87. The standard InChI is InChI=1S/C21H24O13/c1-21(30,6-14(23)24)7-16(26)31-8-13-17(27)18(28)19(29)20(34-13)33-12-4-9-2-3-15(25)32-11(9)5-10(12)22/h2-5,13,17-20,22,27-30H,6-8H2,1H3,(H,23,24)/t13-,17-,18+,19-,20-,21+/m1/s1. The zero-order valence-electron chi connectivity index (χ0n) is 17.9. The van der Waals surface area contributed by atoms with Crippen molar-refractivity contribution in [1.82, 2.24) is 0 Å². The summed E-state index contributed by atoms with van der Waals surface area (Å²) in [6.07, 6.45) is -9.59. The molecule has 1 aliphatic heterocycles. The summed E-state index contributed by atoms with van der Waals surface area (Å²) in [5.74, 6) is -2.98. The zero-order valence-corrected chi connectivity index (χ0v) is 17.9. The lowest BCUT2D eigenvalue weighted by atomic mass is 9.98. The Hall–Kier alpha value is -3.23. The fourth-order valence-corrected chi connectivity index (χ4v) is 3.38. The van der Waals surface area contributed by atoms with E-state index in [-0.39, 0.29) is 11.3 Å². The Morgan fingerprint density at radius 1 is 1.09 bits per heavy atom. The van der Waals surface area contributed by atoms with Gasteiger partial charge in [0.15, 0.2) is 11.5 Å². The van der Waals surface area contributed by atoms with Gasteiger partial charge < -0.3 is 49.3 Å². The summed E-state index contributed by atoms with van der Waals surface area (Å²) in [6.45, 7) is 0.515. The van der Waals surface area contributed by atoms with Crippen molar-refractivity contribution in [2.24, 2.45) is 0 Å². The van der Waals surface area contributed by atoms with Crippen LogP contribution < -0.4 is 10.4 Å². The number of phenolic OH excluding ortho intramolecular Hbond substituents is 1. The molecule has 0 bridgehead atoms. The van der Waals surface area contributed by atoms with Crippen LogP contribution in [0.4, 0.5) is 0 Å². The summed E-state index contributed by atoms with van der Waals surface area (Å²) in [6, 6.07) is 4.95. The Balaban J connectivity index is 1.69. The van der Waals surface area contributed by atoms with Gasteiger partial charge in [0.2, 0.25) is 6.29 Å². The molecule has 3 rings (SSSR count). The normalized spacial score (nSPS) is 26.6. The molecule has 1 aliphatic rings. The van der Waals surface area contributed by atoms with E-state index in [0.717, 1.165) is 19.1 Å². The van der Waals surface area contributed by atoms with Crippen molar-refractivity contribution in [3.05, 3.63) is 34.7 Å². The number of hydrogen-bond acceptors (Lipinski definition) is 12. The average molecular weight is 484 g/mol. The van der Waals surface area contributed by atoms with Crippen LogP contribution in [-0.4, -0.2) is 85.5 Å². The maximum absolute atomic E-state index is 12.0. The first-order chi connectivity index (χ1) is 15.9. The van der Waals surface area contributed by atoms with Gasteiger partial charge in [-0.15, -0.1) is 0 Å². The van der Waals surface area contributed by atoms with Gasteiger partial charge in [0.05, 0.1) is 18.4 Å². The first-order valence-corrected chi connectivity index (χ1v) is 10.1. The average Bonchev–Trinajstić information content (AvgIpc) is 2.72. The molecule has 1 saturated heterocycles. The van der Waals surface area contributed by atoms with Crippen molar-refractivity contribution in [1.29, 1.82) is 0 Å². The van der Waals surface area contributed by atoms with Crippen LogP contribution in [0.2, 0.25) is 0 Å². The number of esters is 1. The van der Waals surface area contributed by atoms with Gasteiger partial charge in [-0.3, -0.25) is 9.59 Å². The highest BCUT2D eigenvalue weighted by atomic mass is 16.7. The fraction of sp³-hybridized carbons (Fsp3) is 0.476. The molecule has 6 atom stereocenters. The number of carbonyl (C=O) groups is 2. The van der Waals surface area contributed by atoms with E-state index in [4.69, 9.17) is 23.7 Å². The number of carboxylic acid groups (broad SMARTS) is 1. The molecule has 2 aromatic rings. The number of fused-ring (bicyclic) bond motifs is 1. The molecule has 0 unspecified atom stereocenters. The molecule has 2 heterocycles. The number of carbonyl (C=O) groups excluding carboxylic acids is 1. The van der Waals surface area contributed by atoms with Gasteiger partial charge in [-0.05, 0) is 19.1 Å². The Kier molecular flexibility index (Phi) is 7.43. The Bertz CT molecular complexity index is 1110. The van der Waals surface area contributed by atoms with Crippen molar-refractivity contribution in [3.8, 4) is 11.5 Å². The Morgan fingerprint density at radius 2 is 1.79 bits per heavy atom. The number of rotatable bonds is 8. The van der Waals surface area contributed by atoms with Gasteiger partial charge in [-0.2, -0.15) is 0 Å². The number of benzene rings is 1. The fourth-order valence-electron chi connectivity index (χ4n) is 3.38. The molecule has 186 valence electrons. The third-order valence-electron chi connectivity index (χ3n) is 5.08. The number of hydrogen-bond donors (Lipinski definition) is 6. The Morgan fingerprint density at radius 3 is 2.47 bits per heavy atom. The highest BCUT2D eigenvalue weighted by molar-refractivity contribution is 5.80. The van der Waals surface area contributed by atoms with E-state index in [9.17, 15) is 39.9 Å². The first-order valence-electron chi connectivity index (χ1n) is 10.1. The van der Waals surface area contributed by atoms with E-state index in [2.05, 4.69) is 0 Å². The molecule has 34 heavy (non-hydrogen) atoms. The molecule has 0 spiro atoms. The number of carboxylic acids is 1. The topological polar surface area (TPSA) is 213 Å². The van der Waals surface area contributed by atoms with Crippen molar-refractivity contribution < 1.29 is 58.9 Å². The highest BCUT2D eigenvalue weighted by Gasteiger charge is 2.46. The molecule has 0 amide bonds. The number of aliphatic hydroxyl groups excluding tert-OH is 3. The van der Waals surface area contributed by atoms with Crippen LogP contribution in [0.25, 0.3) is 11.0 Å². The van der Waals surface area contributed by atoms with Gasteiger partial charge in [0.1, 0.15) is 36.6 Å². The molecule has 13 heteroatoms. The van der Waals surface area contributed by atoms with Crippen LogP contribution >= 0.6 is 0 Å². The van der Waals surface area contributed by atoms with Crippen molar-refractivity contribution >= 4 is 22.9 Å². The lowest BCUT2D eigenvalue weighted by Gasteiger charge is -2.40. The third kappa shape index (κ3) is 6.01. The monoisotopic (exact) mass is 484 g/mol. The molecule has 1 fully saturated rings. The molecular formula is C21H24O13. The second kappa shape index (κ2) is 9.95. The predicted octanol–water partition coefficient (Wildman–Crippen LogP) is -1.16. The summed E-state index contributed by atoms with van der Waals surface area (Å²) in [5.41, 5.74) is -2.43. The van der Waals surface area contributed by atoms with Crippen LogP contribution in [-0.2, 0) is 19.1 Å². The second-order valence-electron chi connectivity index (χ2n) is 8.17. The number of phenols is 1. The maximum Gasteiger partial charge on any atom is 0.336 e. The van der Waals surface area contributed by atoms with Gasteiger partial charge in [0, 0.05) is 17.5 Å². The largest absolute Gasteiger partial charge is 0.504 e. The summed E-state index contributed by atoms with van der Waals surface area (Å²) < 4.78 is 20.7. The molecule has 6 N–H and O–H groups in total. The quantitative estimate of drug-likeness (QED) is 0.193. The first kappa shape index (κ1) is 25.4. The number of aliphatic carboxylic acids is 1. The van der Waals surface area contributed by atoms with Crippen molar-refractivity contribution in [2.75, 3.05) is 6.61 Å². The van der Waals surface area contributed by atoms with Crippen molar-refractivity contribution in [3.63, 3.8) is 0 Å². The van der Waals surface area contributed by atoms with Crippen LogP contribution in [0, 0.1) is 0 Å². The van der Waals surface area contributed by atoms with Crippen molar-refractivity contribution in [2.45, 2.75) is 56.1 Å². The van der Waals surface area contributed by atoms with E-state index in [1.165, 1.54) is 12.1 Å². The third-order valence-corrected chi connectivity index (χ3v) is 5.08. The minimum absolute atomic E-state index is 0.0708. The van der Waals surface area contributed by atoms with E-state index >= 15 is 0 Å². The van der Waals surface area contributed by atoms with Gasteiger partial charge in [0.25, 0.3) is 0 Å². The van der Waals surface area contributed by atoms with Gasteiger partial charge in [-0.25, -0.2) is 4.79 Å². The molecule has 0 saturated carbocycles.